The quantitative estimate of drug-likeness (QED) is 0.375. The zero-order valence-corrected chi connectivity index (χ0v) is 23.1. The number of nitrogens with one attached hydrogen (secondary N) is 1. The highest BCUT2D eigenvalue weighted by atomic mass is 35.5. The molecule has 196 valence electrons. The standard InChI is InChI=1S/C27H29Cl2N3O4S/c1-4-24(27(34)30-3)31(17-20-9-5-6-10-22(20)28)26(33)18-32(25-12-8-7-11-23(25)29)37(35,36)21-15-13-19(2)14-16-21/h5-16,24H,4,17-18H2,1-3H3,(H,30,34)/t24-/m0/s1. The third kappa shape index (κ3) is 6.63. The van der Waals surface area contributed by atoms with E-state index in [0.29, 0.717) is 17.0 Å². The Balaban J connectivity index is 2.08. The number of carbonyl (C=O) groups is 2. The van der Waals surface area contributed by atoms with E-state index in [-0.39, 0.29) is 28.1 Å². The highest BCUT2D eigenvalue weighted by molar-refractivity contribution is 7.92. The summed E-state index contributed by atoms with van der Waals surface area (Å²) in [6, 6.07) is 18.9. The molecule has 1 N–H and O–H groups in total. The first-order valence-corrected chi connectivity index (χ1v) is 13.9. The van der Waals surface area contributed by atoms with E-state index < -0.39 is 28.5 Å². The van der Waals surface area contributed by atoms with Crippen molar-refractivity contribution in [2.45, 2.75) is 37.8 Å². The summed E-state index contributed by atoms with van der Waals surface area (Å²) in [5, 5.41) is 3.19. The summed E-state index contributed by atoms with van der Waals surface area (Å²) in [6.45, 7) is 3.08. The summed E-state index contributed by atoms with van der Waals surface area (Å²) in [5.74, 6) is -0.945. The molecule has 0 radical (unpaired) electrons. The third-order valence-electron chi connectivity index (χ3n) is 5.94. The van der Waals surface area contributed by atoms with Crippen LogP contribution < -0.4 is 9.62 Å². The second-order valence-electron chi connectivity index (χ2n) is 8.43. The fourth-order valence-electron chi connectivity index (χ4n) is 3.90. The molecule has 0 aromatic heterocycles. The minimum Gasteiger partial charge on any atom is -0.357 e. The first-order chi connectivity index (χ1) is 17.6. The van der Waals surface area contributed by atoms with Crippen LogP contribution in [0.5, 0.6) is 0 Å². The molecule has 0 saturated carbocycles. The molecule has 0 fully saturated rings. The lowest BCUT2D eigenvalue weighted by molar-refractivity contribution is -0.140. The number of likely N-dealkylation sites (N-methyl/N-ethyl adjacent to an activating group) is 1. The highest BCUT2D eigenvalue weighted by Crippen LogP contribution is 2.31. The van der Waals surface area contributed by atoms with Gasteiger partial charge in [-0.25, -0.2) is 8.42 Å². The Morgan fingerprint density at radius 1 is 0.919 bits per heavy atom. The lowest BCUT2D eigenvalue weighted by atomic mass is 10.1. The Bertz CT molecular complexity index is 1360. The molecule has 0 unspecified atom stereocenters. The van der Waals surface area contributed by atoms with Crippen molar-refractivity contribution in [3.05, 3.63) is 94.0 Å². The first-order valence-electron chi connectivity index (χ1n) is 11.7. The van der Waals surface area contributed by atoms with Crippen molar-refractivity contribution in [3.8, 4) is 0 Å². The summed E-state index contributed by atoms with van der Waals surface area (Å²) >= 11 is 12.8. The van der Waals surface area contributed by atoms with Crippen LogP contribution in [0.25, 0.3) is 0 Å². The van der Waals surface area contributed by atoms with E-state index in [2.05, 4.69) is 5.32 Å². The maximum absolute atomic E-state index is 13.9. The molecule has 7 nitrogen and oxygen atoms in total. The second-order valence-corrected chi connectivity index (χ2v) is 11.1. The van der Waals surface area contributed by atoms with Crippen molar-refractivity contribution in [2.24, 2.45) is 0 Å². The van der Waals surface area contributed by atoms with Crippen LogP contribution >= 0.6 is 23.2 Å². The third-order valence-corrected chi connectivity index (χ3v) is 8.40. The molecule has 3 aromatic carbocycles. The van der Waals surface area contributed by atoms with Crippen LogP contribution in [0, 0.1) is 6.92 Å². The van der Waals surface area contributed by atoms with Crippen LogP contribution in [0.1, 0.15) is 24.5 Å². The van der Waals surface area contributed by atoms with Crippen LogP contribution in [-0.4, -0.2) is 44.8 Å². The summed E-state index contributed by atoms with van der Waals surface area (Å²) < 4.78 is 28.6. The number of aryl methyl sites for hydroxylation is 1. The number of halogens is 2. The van der Waals surface area contributed by atoms with Gasteiger partial charge in [-0.2, -0.15) is 0 Å². The molecular weight excluding hydrogens is 533 g/mol. The number of nitrogens with zero attached hydrogens (tertiary/aromatic N) is 2. The van der Waals surface area contributed by atoms with Gasteiger partial charge in [0.1, 0.15) is 12.6 Å². The first kappa shape index (κ1) is 28.5. The van der Waals surface area contributed by atoms with Gasteiger partial charge in [0.15, 0.2) is 0 Å². The number of sulfonamides is 1. The zero-order chi connectivity index (χ0) is 27.2. The van der Waals surface area contributed by atoms with Crippen molar-refractivity contribution in [1.29, 1.82) is 0 Å². The number of amides is 2. The number of benzene rings is 3. The Labute approximate surface area is 228 Å². The Morgan fingerprint density at radius 3 is 2.08 bits per heavy atom. The van der Waals surface area contributed by atoms with E-state index in [1.165, 1.54) is 30.1 Å². The van der Waals surface area contributed by atoms with Crippen molar-refractivity contribution in [2.75, 3.05) is 17.9 Å². The van der Waals surface area contributed by atoms with Gasteiger partial charge in [0.25, 0.3) is 10.0 Å². The number of hydrogen-bond acceptors (Lipinski definition) is 4. The van der Waals surface area contributed by atoms with Gasteiger partial charge in [-0.3, -0.25) is 13.9 Å². The van der Waals surface area contributed by atoms with Crippen molar-refractivity contribution >= 4 is 50.7 Å². The smallest absolute Gasteiger partial charge is 0.264 e. The van der Waals surface area contributed by atoms with E-state index in [1.807, 2.05) is 6.92 Å². The lowest BCUT2D eigenvalue weighted by Crippen LogP contribution is -2.51. The molecule has 0 saturated heterocycles. The van der Waals surface area contributed by atoms with Crippen molar-refractivity contribution in [3.63, 3.8) is 0 Å². The van der Waals surface area contributed by atoms with Crippen LogP contribution in [0.15, 0.2) is 77.7 Å². The van der Waals surface area contributed by atoms with Gasteiger partial charge in [0, 0.05) is 18.6 Å². The number of hydrogen-bond donors (Lipinski definition) is 1. The maximum atomic E-state index is 13.9. The topological polar surface area (TPSA) is 86.8 Å². The Hall–Kier alpha value is -3.07. The maximum Gasteiger partial charge on any atom is 0.264 e. The number of rotatable bonds is 10. The highest BCUT2D eigenvalue weighted by Gasteiger charge is 2.34. The van der Waals surface area contributed by atoms with E-state index in [4.69, 9.17) is 23.2 Å². The minimum atomic E-state index is -4.19. The monoisotopic (exact) mass is 561 g/mol. The molecule has 3 rings (SSSR count). The molecule has 37 heavy (non-hydrogen) atoms. The van der Waals surface area contributed by atoms with Gasteiger partial charge in [0.2, 0.25) is 11.8 Å². The molecule has 10 heteroatoms. The van der Waals surface area contributed by atoms with Gasteiger partial charge in [-0.05, 0) is 49.2 Å². The number of anilines is 1. The SMILES string of the molecule is CC[C@@H](C(=O)NC)N(Cc1ccccc1Cl)C(=O)CN(c1ccccc1Cl)S(=O)(=O)c1ccc(C)cc1. The normalized spacial score (nSPS) is 12.0. The average molecular weight is 563 g/mol. The summed E-state index contributed by atoms with van der Waals surface area (Å²) in [5.41, 5.74) is 1.68. The van der Waals surface area contributed by atoms with Gasteiger partial charge in [0.05, 0.1) is 15.6 Å². The molecule has 0 aliphatic heterocycles. The van der Waals surface area contributed by atoms with Gasteiger partial charge in [-0.15, -0.1) is 0 Å². The molecular formula is C27H29Cl2N3O4S. The summed E-state index contributed by atoms with van der Waals surface area (Å²) in [6.07, 6.45) is 0.312. The predicted octanol–water partition coefficient (Wildman–Crippen LogP) is 5.05. The second kappa shape index (κ2) is 12.4. The van der Waals surface area contributed by atoms with Crippen molar-refractivity contribution < 1.29 is 18.0 Å². The van der Waals surface area contributed by atoms with Crippen LogP contribution in [0.4, 0.5) is 5.69 Å². The van der Waals surface area contributed by atoms with Gasteiger partial charge >= 0.3 is 0 Å². The molecule has 0 heterocycles. The fourth-order valence-corrected chi connectivity index (χ4v) is 5.82. The predicted molar refractivity (Wildman–Crippen MR) is 147 cm³/mol. The minimum absolute atomic E-state index is 0.0156. The Kier molecular flexibility index (Phi) is 9.59. The molecule has 1 atom stereocenters. The van der Waals surface area contributed by atoms with Crippen LogP contribution in [-0.2, 0) is 26.2 Å². The largest absolute Gasteiger partial charge is 0.357 e. The number of carbonyl (C=O) groups excluding carboxylic acids is 2. The number of para-hydroxylation sites is 1. The van der Waals surface area contributed by atoms with E-state index >= 15 is 0 Å². The molecule has 3 aromatic rings. The van der Waals surface area contributed by atoms with Gasteiger partial charge < -0.3 is 10.2 Å². The molecule has 0 bridgehead atoms. The fraction of sp³-hybridized carbons (Fsp3) is 0.259. The summed E-state index contributed by atoms with van der Waals surface area (Å²) in [4.78, 5) is 28.0. The summed E-state index contributed by atoms with van der Waals surface area (Å²) in [7, 11) is -2.70. The average Bonchev–Trinajstić information content (AvgIpc) is 2.88. The molecule has 2 amide bonds. The zero-order valence-electron chi connectivity index (χ0n) is 20.8. The molecule has 0 spiro atoms. The van der Waals surface area contributed by atoms with Crippen LogP contribution in [0.3, 0.4) is 0 Å². The van der Waals surface area contributed by atoms with E-state index in [1.54, 1.807) is 61.5 Å². The van der Waals surface area contributed by atoms with Gasteiger partial charge in [-0.1, -0.05) is 78.2 Å². The van der Waals surface area contributed by atoms with Crippen molar-refractivity contribution in [1.82, 2.24) is 10.2 Å². The van der Waals surface area contributed by atoms with Crippen LogP contribution in [0.2, 0.25) is 10.0 Å². The molecule has 0 aliphatic carbocycles. The van der Waals surface area contributed by atoms with E-state index in [0.717, 1.165) is 9.87 Å². The lowest BCUT2D eigenvalue weighted by Gasteiger charge is -2.33. The van der Waals surface area contributed by atoms with E-state index in [9.17, 15) is 18.0 Å². The molecule has 0 aliphatic rings. The Morgan fingerprint density at radius 2 is 1.51 bits per heavy atom.